The summed E-state index contributed by atoms with van der Waals surface area (Å²) in [5.41, 5.74) is 1.54. The predicted octanol–water partition coefficient (Wildman–Crippen LogP) is 3.78. The van der Waals surface area contributed by atoms with E-state index in [0.29, 0.717) is 18.9 Å². The molecule has 3 aromatic heterocycles. The van der Waals surface area contributed by atoms with Gasteiger partial charge in [0.2, 0.25) is 11.8 Å². The van der Waals surface area contributed by atoms with Gasteiger partial charge in [0.1, 0.15) is 10.8 Å². The van der Waals surface area contributed by atoms with Gasteiger partial charge >= 0.3 is 0 Å². The summed E-state index contributed by atoms with van der Waals surface area (Å²) in [7, 11) is 0. The fourth-order valence-electron chi connectivity index (χ4n) is 3.36. The lowest BCUT2D eigenvalue weighted by molar-refractivity contribution is -0.134. The van der Waals surface area contributed by atoms with E-state index in [1.54, 1.807) is 23.4 Å². The fraction of sp³-hybridized carbons (Fsp3) is 0.286. The van der Waals surface area contributed by atoms with E-state index in [0.717, 1.165) is 33.7 Å². The average Bonchev–Trinajstić information content (AvgIpc) is 3.24. The Morgan fingerprint density at radius 1 is 1.23 bits per heavy atom. The summed E-state index contributed by atoms with van der Waals surface area (Å²) in [4.78, 5) is 40.2. The maximum Gasteiger partial charge on any atom is 0.230 e. The topological polar surface area (TPSA) is 88.1 Å². The van der Waals surface area contributed by atoms with Crippen molar-refractivity contribution in [1.29, 1.82) is 0 Å². The molecule has 9 heteroatoms. The van der Waals surface area contributed by atoms with Crippen molar-refractivity contribution in [2.24, 2.45) is 5.92 Å². The van der Waals surface area contributed by atoms with Crippen molar-refractivity contribution in [3.05, 3.63) is 58.3 Å². The number of carbonyl (C=O) groups is 2. The summed E-state index contributed by atoms with van der Waals surface area (Å²) >= 11 is 4.81. The highest BCUT2D eigenvalue weighted by molar-refractivity contribution is 9.10. The predicted molar refractivity (Wildman–Crippen MR) is 119 cm³/mol. The quantitative estimate of drug-likeness (QED) is 0.593. The van der Waals surface area contributed by atoms with E-state index in [4.69, 9.17) is 0 Å². The normalized spacial score (nSPS) is 16.3. The number of halogens is 1. The third-order valence-electron chi connectivity index (χ3n) is 4.89. The molecule has 2 amide bonds. The number of rotatable bonds is 5. The number of thiazole rings is 1. The summed E-state index contributed by atoms with van der Waals surface area (Å²) in [5.74, 6) is 0.157. The Kier molecular flexibility index (Phi) is 6.49. The molecule has 3 aromatic rings. The molecule has 1 saturated heterocycles. The van der Waals surface area contributed by atoms with Crippen LogP contribution in [0, 0.1) is 5.92 Å². The lowest BCUT2D eigenvalue weighted by Crippen LogP contribution is -2.44. The van der Waals surface area contributed by atoms with Crippen LogP contribution in [0.15, 0.2) is 52.6 Å². The van der Waals surface area contributed by atoms with Crippen molar-refractivity contribution in [1.82, 2.24) is 19.9 Å². The molecular weight excluding hydrogens is 466 g/mol. The number of likely N-dealkylation sites (tertiary alicyclic amines) is 1. The maximum atomic E-state index is 12.8. The number of pyridine rings is 2. The van der Waals surface area contributed by atoms with E-state index in [1.807, 2.05) is 29.6 Å². The van der Waals surface area contributed by atoms with Crippen LogP contribution in [0.4, 0.5) is 5.82 Å². The zero-order valence-electron chi connectivity index (χ0n) is 16.1. The first-order chi connectivity index (χ1) is 14.6. The number of piperidine rings is 1. The average molecular weight is 486 g/mol. The van der Waals surface area contributed by atoms with Crippen LogP contribution in [0.2, 0.25) is 0 Å². The maximum absolute atomic E-state index is 12.8. The minimum absolute atomic E-state index is 0.00728. The number of amides is 2. The molecule has 1 fully saturated rings. The molecule has 7 nitrogen and oxygen atoms in total. The second kappa shape index (κ2) is 9.44. The molecule has 0 aliphatic carbocycles. The Morgan fingerprint density at radius 3 is 2.90 bits per heavy atom. The molecule has 1 N–H and O–H groups in total. The number of nitrogens with zero attached hydrogens (tertiary/aromatic N) is 4. The molecule has 4 heterocycles. The highest BCUT2D eigenvalue weighted by atomic mass is 79.9. The molecule has 0 aromatic carbocycles. The van der Waals surface area contributed by atoms with E-state index >= 15 is 0 Å². The summed E-state index contributed by atoms with van der Waals surface area (Å²) in [5, 5.41) is 5.54. The molecule has 154 valence electrons. The molecule has 0 radical (unpaired) electrons. The number of aromatic nitrogens is 3. The minimum atomic E-state index is -0.243. The van der Waals surface area contributed by atoms with E-state index in [2.05, 4.69) is 36.2 Å². The van der Waals surface area contributed by atoms with Gasteiger partial charge in [-0.2, -0.15) is 0 Å². The largest absolute Gasteiger partial charge is 0.342 e. The zero-order chi connectivity index (χ0) is 20.9. The molecule has 1 aliphatic heterocycles. The standard InChI is InChI=1S/C21H20BrN5O2S/c22-15-6-7-18(24-11-15)26-20(29)14-4-3-9-27(12-14)19(28)10-16-13-30-21(25-16)17-5-1-2-8-23-17/h1-2,5-8,11,13-14H,3-4,9-10,12H2,(H,24,26,29). The molecule has 30 heavy (non-hydrogen) atoms. The molecule has 0 spiro atoms. The first-order valence-electron chi connectivity index (χ1n) is 9.64. The third-order valence-corrected chi connectivity index (χ3v) is 6.27. The van der Waals surface area contributed by atoms with Crippen LogP contribution >= 0.6 is 27.3 Å². The van der Waals surface area contributed by atoms with Crippen molar-refractivity contribution >= 4 is 44.9 Å². The third kappa shape index (κ3) is 5.09. The smallest absolute Gasteiger partial charge is 0.230 e. The van der Waals surface area contributed by atoms with Gasteiger partial charge in [0.15, 0.2) is 0 Å². The molecule has 4 rings (SSSR count). The van der Waals surface area contributed by atoms with E-state index in [1.165, 1.54) is 11.3 Å². The summed E-state index contributed by atoms with van der Waals surface area (Å²) in [6.07, 6.45) is 5.15. The van der Waals surface area contributed by atoms with Crippen molar-refractivity contribution in [3.8, 4) is 10.7 Å². The van der Waals surface area contributed by atoms with Gasteiger partial charge in [-0.05, 0) is 53.0 Å². The number of anilines is 1. The van der Waals surface area contributed by atoms with Crippen LogP contribution in [0.1, 0.15) is 18.5 Å². The van der Waals surface area contributed by atoms with E-state index in [9.17, 15) is 9.59 Å². The van der Waals surface area contributed by atoms with Crippen LogP contribution in [-0.2, 0) is 16.0 Å². The second-order valence-electron chi connectivity index (χ2n) is 7.07. The van der Waals surface area contributed by atoms with Gasteiger partial charge < -0.3 is 10.2 Å². The van der Waals surface area contributed by atoms with Gasteiger partial charge in [0, 0.05) is 35.3 Å². The first kappa shape index (κ1) is 20.6. The monoisotopic (exact) mass is 485 g/mol. The van der Waals surface area contributed by atoms with Gasteiger partial charge in [-0.3, -0.25) is 14.6 Å². The van der Waals surface area contributed by atoms with E-state index in [-0.39, 0.29) is 24.2 Å². The zero-order valence-corrected chi connectivity index (χ0v) is 18.5. The highest BCUT2D eigenvalue weighted by Gasteiger charge is 2.29. The summed E-state index contributed by atoms with van der Waals surface area (Å²) < 4.78 is 0.850. The molecule has 0 saturated carbocycles. The number of nitrogens with one attached hydrogen (secondary N) is 1. The van der Waals surface area contributed by atoms with Crippen molar-refractivity contribution in [2.75, 3.05) is 18.4 Å². The Morgan fingerprint density at radius 2 is 2.13 bits per heavy atom. The van der Waals surface area contributed by atoms with Crippen molar-refractivity contribution < 1.29 is 9.59 Å². The van der Waals surface area contributed by atoms with Gasteiger partial charge in [0.25, 0.3) is 0 Å². The minimum Gasteiger partial charge on any atom is -0.342 e. The van der Waals surface area contributed by atoms with Gasteiger partial charge in [-0.1, -0.05) is 6.07 Å². The Bertz CT molecular complexity index is 1030. The Balaban J connectivity index is 1.35. The van der Waals surface area contributed by atoms with Crippen LogP contribution < -0.4 is 5.32 Å². The highest BCUT2D eigenvalue weighted by Crippen LogP contribution is 2.23. The summed E-state index contributed by atoms with van der Waals surface area (Å²) in [6.45, 7) is 1.08. The first-order valence-corrected chi connectivity index (χ1v) is 11.3. The lowest BCUT2D eigenvalue weighted by atomic mass is 9.96. The summed E-state index contributed by atoms with van der Waals surface area (Å²) in [6, 6.07) is 9.24. The number of hydrogen-bond acceptors (Lipinski definition) is 6. The van der Waals surface area contributed by atoms with Crippen LogP contribution in [-0.4, -0.2) is 44.8 Å². The van der Waals surface area contributed by atoms with Crippen molar-refractivity contribution in [3.63, 3.8) is 0 Å². The number of hydrogen-bond donors (Lipinski definition) is 1. The fourth-order valence-corrected chi connectivity index (χ4v) is 4.39. The van der Waals surface area contributed by atoms with Crippen molar-refractivity contribution in [2.45, 2.75) is 19.3 Å². The Labute approximate surface area is 186 Å². The molecule has 0 bridgehead atoms. The molecule has 1 unspecified atom stereocenters. The van der Waals surface area contributed by atoms with Crippen LogP contribution in [0.25, 0.3) is 10.7 Å². The molecule has 1 atom stereocenters. The molecule has 1 aliphatic rings. The number of carbonyl (C=O) groups excluding carboxylic acids is 2. The molecular formula is C21H20BrN5O2S. The van der Waals surface area contributed by atoms with Gasteiger partial charge in [-0.15, -0.1) is 11.3 Å². The van der Waals surface area contributed by atoms with Crippen LogP contribution in [0.3, 0.4) is 0 Å². The van der Waals surface area contributed by atoms with Crippen LogP contribution in [0.5, 0.6) is 0 Å². The van der Waals surface area contributed by atoms with E-state index < -0.39 is 0 Å². The lowest BCUT2D eigenvalue weighted by Gasteiger charge is -2.32. The van der Waals surface area contributed by atoms with Gasteiger partial charge in [0.05, 0.1) is 23.7 Å². The second-order valence-corrected chi connectivity index (χ2v) is 8.84. The van der Waals surface area contributed by atoms with Gasteiger partial charge in [-0.25, -0.2) is 9.97 Å². The SMILES string of the molecule is O=C(Nc1ccc(Br)cn1)C1CCCN(C(=O)Cc2csc(-c3ccccn3)n2)C1. The Hall–Kier alpha value is -2.65.